The van der Waals surface area contributed by atoms with Crippen LogP contribution in [0.25, 0.3) is 0 Å². The number of carboxylic acids is 1. The molecule has 1 atom stereocenters. The van der Waals surface area contributed by atoms with E-state index in [-0.39, 0.29) is 18.6 Å². The van der Waals surface area contributed by atoms with Crippen molar-refractivity contribution in [1.82, 2.24) is 14.7 Å². The van der Waals surface area contributed by atoms with Crippen molar-refractivity contribution < 1.29 is 14.7 Å². The number of hydrogen-bond donors (Lipinski definition) is 1. The Kier molecular flexibility index (Phi) is 7.50. The molecule has 1 heterocycles. The van der Waals surface area contributed by atoms with Crippen LogP contribution in [0.3, 0.4) is 0 Å². The minimum Gasteiger partial charge on any atom is -0.480 e. The number of urea groups is 1. The van der Waals surface area contributed by atoms with E-state index in [4.69, 9.17) is 5.11 Å². The number of aliphatic carboxylic acids is 1. The summed E-state index contributed by atoms with van der Waals surface area (Å²) in [5.41, 5.74) is 0. The lowest BCUT2D eigenvalue weighted by atomic mass is 10.2. The highest BCUT2D eigenvalue weighted by Gasteiger charge is 2.27. The maximum atomic E-state index is 12.7. The van der Waals surface area contributed by atoms with Crippen LogP contribution >= 0.6 is 0 Å². The molecule has 1 aliphatic heterocycles. The Balaban J connectivity index is 2.54. The number of carboxylic acid groups (broad SMARTS) is 1. The zero-order chi connectivity index (χ0) is 15.8. The molecule has 21 heavy (non-hydrogen) atoms. The molecule has 122 valence electrons. The molecule has 0 aromatic heterocycles. The van der Waals surface area contributed by atoms with E-state index in [0.717, 1.165) is 25.8 Å². The van der Waals surface area contributed by atoms with E-state index in [0.29, 0.717) is 26.2 Å². The fourth-order valence-electron chi connectivity index (χ4n) is 2.52. The summed E-state index contributed by atoms with van der Waals surface area (Å²) in [7, 11) is 0. The lowest BCUT2D eigenvalue weighted by Gasteiger charge is -2.39. The van der Waals surface area contributed by atoms with E-state index in [1.807, 2.05) is 14.7 Å². The summed E-state index contributed by atoms with van der Waals surface area (Å²) >= 11 is 0. The number of rotatable bonds is 7. The monoisotopic (exact) mass is 299 g/mol. The van der Waals surface area contributed by atoms with Crippen molar-refractivity contribution in [2.75, 3.05) is 39.3 Å². The number of hydrogen-bond acceptors (Lipinski definition) is 3. The van der Waals surface area contributed by atoms with E-state index in [2.05, 4.69) is 20.8 Å². The van der Waals surface area contributed by atoms with E-state index in [1.54, 1.807) is 0 Å². The normalized spacial score (nSPS) is 17.6. The van der Waals surface area contributed by atoms with Gasteiger partial charge in [-0.1, -0.05) is 20.3 Å². The van der Waals surface area contributed by atoms with Crippen LogP contribution in [0.2, 0.25) is 0 Å². The zero-order valence-corrected chi connectivity index (χ0v) is 13.5. The largest absolute Gasteiger partial charge is 0.480 e. The van der Waals surface area contributed by atoms with Crippen LogP contribution in [0.5, 0.6) is 0 Å². The van der Waals surface area contributed by atoms with Crippen molar-refractivity contribution in [2.45, 2.75) is 46.1 Å². The van der Waals surface area contributed by atoms with E-state index in [9.17, 15) is 9.59 Å². The lowest BCUT2D eigenvalue weighted by molar-refractivity contribution is -0.138. The van der Waals surface area contributed by atoms with Crippen molar-refractivity contribution in [2.24, 2.45) is 0 Å². The lowest BCUT2D eigenvalue weighted by Crippen LogP contribution is -2.55. The maximum absolute atomic E-state index is 12.7. The van der Waals surface area contributed by atoms with Gasteiger partial charge in [-0.25, -0.2) is 4.79 Å². The number of carbonyl (C=O) groups is 2. The third-order valence-corrected chi connectivity index (χ3v) is 4.12. The zero-order valence-electron chi connectivity index (χ0n) is 13.5. The SMILES string of the molecule is CCCCN(C(=O)N1CCN(CC(=O)O)CC1)C(C)CC. The summed E-state index contributed by atoms with van der Waals surface area (Å²) in [4.78, 5) is 29.1. The first kappa shape index (κ1) is 17.8. The summed E-state index contributed by atoms with van der Waals surface area (Å²) < 4.78 is 0. The van der Waals surface area contributed by atoms with Gasteiger partial charge in [0.1, 0.15) is 0 Å². The van der Waals surface area contributed by atoms with E-state index in [1.165, 1.54) is 0 Å². The minimum absolute atomic E-state index is 0.0624. The van der Waals surface area contributed by atoms with Gasteiger partial charge in [0.25, 0.3) is 0 Å². The molecular formula is C15H29N3O3. The second-order valence-electron chi connectivity index (χ2n) is 5.74. The average molecular weight is 299 g/mol. The van der Waals surface area contributed by atoms with Crippen LogP contribution in [-0.4, -0.2) is 77.1 Å². The van der Waals surface area contributed by atoms with E-state index >= 15 is 0 Å². The molecule has 0 bridgehead atoms. The van der Waals surface area contributed by atoms with Crippen molar-refractivity contribution in [1.29, 1.82) is 0 Å². The fraction of sp³-hybridized carbons (Fsp3) is 0.867. The molecule has 0 saturated carbocycles. The first-order valence-corrected chi connectivity index (χ1v) is 7.99. The van der Waals surface area contributed by atoms with Crippen LogP contribution < -0.4 is 0 Å². The second kappa shape index (κ2) is 8.87. The van der Waals surface area contributed by atoms with Crippen LogP contribution in [0, 0.1) is 0 Å². The number of piperazine rings is 1. The Hall–Kier alpha value is -1.30. The first-order valence-electron chi connectivity index (χ1n) is 7.99. The van der Waals surface area contributed by atoms with Crippen LogP contribution in [0.15, 0.2) is 0 Å². The molecule has 6 nitrogen and oxygen atoms in total. The second-order valence-corrected chi connectivity index (χ2v) is 5.74. The molecule has 1 fully saturated rings. The summed E-state index contributed by atoms with van der Waals surface area (Å²) in [5, 5.41) is 8.80. The molecule has 1 unspecified atom stereocenters. The average Bonchev–Trinajstić information content (AvgIpc) is 2.47. The molecule has 0 spiro atoms. The Labute approximate surface area is 127 Å². The Morgan fingerprint density at radius 3 is 2.29 bits per heavy atom. The van der Waals surface area contributed by atoms with Crippen LogP contribution in [-0.2, 0) is 4.79 Å². The summed E-state index contributed by atoms with van der Waals surface area (Å²) in [5.74, 6) is -0.807. The molecular weight excluding hydrogens is 270 g/mol. The van der Waals surface area contributed by atoms with Gasteiger partial charge in [-0.05, 0) is 19.8 Å². The number of nitrogens with zero attached hydrogens (tertiary/aromatic N) is 3. The predicted molar refractivity (Wildman–Crippen MR) is 82.4 cm³/mol. The van der Waals surface area contributed by atoms with Gasteiger partial charge in [-0.15, -0.1) is 0 Å². The smallest absolute Gasteiger partial charge is 0.320 e. The van der Waals surface area contributed by atoms with Gasteiger partial charge in [0.2, 0.25) is 0 Å². The maximum Gasteiger partial charge on any atom is 0.320 e. The fourth-order valence-corrected chi connectivity index (χ4v) is 2.52. The molecule has 6 heteroatoms. The summed E-state index contributed by atoms with van der Waals surface area (Å²) in [6, 6.07) is 0.355. The quantitative estimate of drug-likeness (QED) is 0.777. The van der Waals surface area contributed by atoms with Gasteiger partial charge in [0.05, 0.1) is 6.54 Å². The van der Waals surface area contributed by atoms with Crippen molar-refractivity contribution in [3.8, 4) is 0 Å². The molecule has 2 amide bonds. The van der Waals surface area contributed by atoms with Crippen molar-refractivity contribution in [3.05, 3.63) is 0 Å². The standard InChI is InChI=1S/C15H29N3O3/c1-4-6-7-18(13(3)5-2)15(21)17-10-8-16(9-11-17)12-14(19)20/h13H,4-12H2,1-3H3,(H,19,20). The van der Waals surface area contributed by atoms with Crippen LogP contribution in [0.1, 0.15) is 40.0 Å². The first-order chi connectivity index (χ1) is 9.99. The molecule has 1 rings (SSSR count). The summed E-state index contributed by atoms with van der Waals surface area (Å²) in [6.45, 7) is 9.70. The number of unbranched alkanes of at least 4 members (excludes halogenated alkanes) is 1. The third kappa shape index (κ3) is 5.53. The molecule has 1 saturated heterocycles. The van der Waals surface area contributed by atoms with Gasteiger partial charge in [-0.3, -0.25) is 9.69 Å². The predicted octanol–water partition coefficient (Wildman–Crippen LogP) is 1.71. The van der Waals surface area contributed by atoms with Gasteiger partial charge >= 0.3 is 12.0 Å². The molecule has 1 N–H and O–H groups in total. The number of carbonyl (C=O) groups excluding carboxylic acids is 1. The molecule has 1 aliphatic rings. The molecule has 0 aromatic carbocycles. The Morgan fingerprint density at radius 2 is 1.81 bits per heavy atom. The highest BCUT2D eigenvalue weighted by atomic mass is 16.4. The van der Waals surface area contributed by atoms with Crippen LogP contribution in [0.4, 0.5) is 4.79 Å². The minimum atomic E-state index is -0.807. The summed E-state index contributed by atoms with van der Waals surface area (Å²) in [6.07, 6.45) is 3.05. The topological polar surface area (TPSA) is 64.1 Å². The molecule has 0 radical (unpaired) electrons. The number of amides is 2. The molecule has 0 aliphatic carbocycles. The van der Waals surface area contributed by atoms with Gasteiger partial charge in [-0.2, -0.15) is 0 Å². The van der Waals surface area contributed by atoms with E-state index < -0.39 is 5.97 Å². The molecule has 0 aromatic rings. The highest BCUT2D eigenvalue weighted by Crippen LogP contribution is 2.12. The highest BCUT2D eigenvalue weighted by molar-refractivity contribution is 5.75. The third-order valence-electron chi connectivity index (χ3n) is 4.12. The van der Waals surface area contributed by atoms with Crippen molar-refractivity contribution in [3.63, 3.8) is 0 Å². The van der Waals surface area contributed by atoms with Crippen molar-refractivity contribution >= 4 is 12.0 Å². The Bertz CT molecular complexity index is 341. The van der Waals surface area contributed by atoms with Gasteiger partial charge in [0, 0.05) is 38.8 Å². The van der Waals surface area contributed by atoms with Gasteiger partial charge < -0.3 is 14.9 Å². The Morgan fingerprint density at radius 1 is 1.19 bits per heavy atom. The van der Waals surface area contributed by atoms with Gasteiger partial charge in [0.15, 0.2) is 0 Å².